The third-order valence-corrected chi connectivity index (χ3v) is 3.78. The molecule has 3 aromatic rings. The maximum atomic E-state index is 11.6. The number of H-pyrrole nitrogens is 1. The van der Waals surface area contributed by atoms with E-state index in [0.717, 1.165) is 20.7 Å². The highest BCUT2D eigenvalue weighted by atomic mass is 32.1. The number of ether oxygens (including phenoxy) is 1. The van der Waals surface area contributed by atoms with E-state index in [-0.39, 0.29) is 11.5 Å². The normalized spacial score (nSPS) is 10.5. The molecular formula is C13H16N4O3S. The van der Waals surface area contributed by atoms with Crippen molar-refractivity contribution in [1.82, 2.24) is 19.7 Å². The van der Waals surface area contributed by atoms with Crippen LogP contribution in [-0.4, -0.2) is 32.3 Å². The Morgan fingerprint density at radius 2 is 2.24 bits per heavy atom. The summed E-state index contributed by atoms with van der Waals surface area (Å²) in [6.45, 7) is 5.61. The van der Waals surface area contributed by atoms with E-state index in [2.05, 4.69) is 19.9 Å². The average Bonchev–Trinajstić information content (AvgIpc) is 2.90. The van der Waals surface area contributed by atoms with Crippen LogP contribution in [0.15, 0.2) is 11.0 Å². The van der Waals surface area contributed by atoms with Crippen LogP contribution in [0.2, 0.25) is 0 Å². The predicted molar refractivity (Wildman–Crippen MR) is 81.6 cm³/mol. The second kappa shape index (κ2) is 6.04. The fraction of sp³-hybridized carbons (Fsp3) is 0.385. The maximum absolute atomic E-state index is 11.6. The Kier molecular flexibility index (Phi) is 4.37. The van der Waals surface area contributed by atoms with Gasteiger partial charge in [-0.3, -0.25) is 9.59 Å². The Morgan fingerprint density at radius 1 is 1.52 bits per heavy atom. The van der Waals surface area contributed by atoms with Crippen LogP contribution in [0.25, 0.3) is 21.3 Å². The van der Waals surface area contributed by atoms with Crippen molar-refractivity contribution in [1.29, 1.82) is 0 Å². The van der Waals surface area contributed by atoms with Gasteiger partial charge in [-0.15, -0.1) is 11.3 Å². The molecule has 7 nitrogen and oxygen atoms in total. The highest BCUT2D eigenvalue weighted by Gasteiger charge is 2.14. The molecule has 0 amide bonds. The van der Waals surface area contributed by atoms with E-state index in [9.17, 15) is 9.59 Å². The average molecular weight is 308 g/mol. The van der Waals surface area contributed by atoms with Gasteiger partial charge in [0.25, 0.3) is 5.56 Å². The van der Waals surface area contributed by atoms with E-state index in [1.54, 1.807) is 24.5 Å². The lowest BCUT2D eigenvalue weighted by atomic mass is 10.4. The number of rotatable bonds is 1. The molecule has 112 valence electrons. The number of nitrogens with one attached hydrogen (secondary N) is 1. The van der Waals surface area contributed by atoms with E-state index in [4.69, 9.17) is 0 Å². The van der Waals surface area contributed by atoms with Gasteiger partial charge in [0, 0.05) is 19.4 Å². The van der Waals surface area contributed by atoms with Gasteiger partial charge >= 0.3 is 5.97 Å². The maximum Gasteiger partial charge on any atom is 0.302 e. The molecule has 3 rings (SSSR count). The van der Waals surface area contributed by atoms with Crippen LogP contribution < -0.4 is 5.56 Å². The number of hydrogen-bond donors (Lipinski definition) is 1. The van der Waals surface area contributed by atoms with Gasteiger partial charge in [-0.2, -0.15) is 5.10 Å². The molecule has 3 heterocycles. The van der Waals surface area contributed by atoms with Crippen molar-refractivity contribution in [2.75, 3.05) is 6.61 Å². The molecule has 0 saturated heterocycles. The van der Waals surface area contributed by atoms with Gasteiger partial charge in [0.2, 0.25) is 0 Å². The van der Waals surface area contributed by atoms with Crippen molar-refractivity contribution in [3.05, 3.63) is 21.6 Å². The SMILES string of the molecule is CCOC(C)=O.Cc1nc2c(s1)c1cn[nH]c(=O)c1n2C. The second-order valence-corrected chi connectivity index (χ2v) is 5.53. The molecule has 0 radical (unpaired) electrons. The van der Waals surface area contributed by atoms with Gasteiger partial charge in [0.05, 0.1) is 22.5 Å². The first kappa shape index (κ1) is 15.2. The Morgan fingerprint density at radius 3 is 2.81 bits per heavy atom. The zero-order chi connectivity index (χ0) is 15.6. The molecule has 3 aromatic heterocycles. The third-order valence-electron chi connectivity index (χ3n) is 2.79. The van der Waals surface area contributed by atoms with Crippen LogP contribution in [0.5, 0.6) is 0 Å². The van der Waals surface area contributed by atoms with Crippen molar-refractivity contribution >= 4 is 38.6 Å². The minimum absolute atomic E-state index is 0.169. The lowest BCUT2D eigenvalue weighted by Gasteiger charge is -1.93. The van der Waals surface area contributed by atoms with Gasteiger partial charge in [0.1, 0.15) is 5.52 Å². The molecule has 0 aliphatic rings. The smallest absolute Gasteiger partial charge is 0.302 e. The summed E-state index contributed by atoms with van der Waals surface area (Å²) in [4.78, 5) is 25.8. The molecule has 0 aromatic carbocycles. The summed E-state index contributed by atoms with van der Waals surface area (Å²) < 4.78 is 7.25. The molecule has 0 spiro atoms. The highest BCUT2D eigenvalue weighted by Crippen LogP contribution is 2.29. The topological polar surface area (TPSA) is 89.9 Å². The summed E-state index contributed by atoms with van der Waals surface area (Å²) in [5, 5.41) is 8.12. The molecule has 0 atom stereocenters. The number of aromatic nitrogens is 4. The van der Waals surface area contributed by atoms with Crippen molar-refractivity contribution in [2.24, 2.45) is 7.05 Å². The number of fused-ring (bicyclic) bond motifs is 3. The Bertz CT molecular complexity index is 846. The number of thiazole rings is 1. The summed E-state index contributed by atoms with van der Waals surface area (Å²) in [5.41, 5.74) is 1.32. The van der Waals surface area contributed by atoms with E-state index in [0.29, 0.717) is 12.1 Å². The molecule has 0 bridgehead atoms. The zero-order valence-electron chi connectivity index (χ0n) is 12.3. The fourth-order valence-electron chi connectivity index (χ4n) is 2.02. The Hall–Kier alpha value is -2.22. The van der Waals surface area contributed by atoms with Crippen molar-refractivity contribution < 1.29 is 9.53 Å². The summed E-state index contributed by atoms with van der Waals surface area (Å²) in [5.74, 6) is -0.211. The van der Waals surface area contributed by atoms with Crippen LogP contribution in [0, 0.1) is 6.92 Å². The van der Waals surface area contributed by atoms with Crippen molar-refractivity contribution in [3.8, 4) is 0 Å². The van der Waals surface area contributed by atoms with Gasteiger partial charge in [-0.25, -0.2) is 10.1 Å². The van der Waals surface area contributed by atoms with Gasteiger partial charge in [-0.05, 0) is 13.8 Å². The number of esters is 1. The van der Waals surface area contributed by atoms with E-state index in [1.807, 2.05) is 18.5 Å². The molecule has 0 aliphatic heterocycles. The molecular weight excluding hydrogens is 292 g/mol. The van der Waals surface area contributed by atoms with Gasteiger partial charge < -0.3 is 9.30 Å². The number of hydrogen-bond acceptors (Lipinski definition) is 6. The molecule has 8 heteroatoms. The first-order valence-corrected chi connectivity index (χ1v) is 7.20. The number of nitrogens with zero attached hydrogens (tertiary/aromatic N) is 3. The number of carbonyl (C=O) groups excluding carboxylic acids is 1. The van der Waals surface area contributed by atoms with Crippen LogP contribution in [0.4, 0.5) is 0 Å². The standard InChI is InChI=1S/C9H8N4OS.C4H8O2/c1-4-11-8-7(15-4)5-3-10-12-9(14)6(5)13(8)2;1-3-6-4(2)5/h3H,1-2H3,(H,12,14);3H2,1-2H3. The van der Waals surface area contributed by atoms with Gasteiger partial charge in [0.15, 0.2) is 5.65 Å². The number of aryl methyl sites for hydroxylation is 2. The molecule has 0 saturated carbocycles. The van der Waals surface area contributed by atoms with Crippen LogP contribution in [0.1, 0.15) is 18.9 Å². The second-order valence-electron chi connectivity index (χ2n) is 4.33. The van der Waals surface area contributed by atoms with E-state index in [1.165, 1.54) is 6.92 Å². The predicted octanol–water partition coefficient (Wildman–Crippen LogP) is 1.75. The lowest BCUT2D eigenvalue weighted by molar-refractivity contribution is -0.140. The third kappa shape index (κ3) is 2.94. The van der Waals surface area contributed by atoms with Crippen LogP contribution >= 0.6 is 11.3 Å². The fourth-order valence-corrected chi connectivity index (χ4v) is 2.98. The molecule has 0 fully saturated rings. The van der Waals surface area contributed by atoms with E-state index < -0.39 is 0 Å². The minimum Gasteiger partial charge on any atom is -0.466 e. The molecule has 1 N–H and O–H groups in total. The first-order chi connectivity index (χ1) is 9.95. The summed E-state index contributed by atoms with van der Waals surface area (Å²) in [6.07, 6.45) is 1.68. The summed E-state index contributed by atoms with van der Waals surface area (Å²) in [7, 11) is 1.85. The number of aromatic amines is 1. The minimum atomic E-state index is -0.211. The largest absolute Gasteiger partial charge is 0.466 e. The van der Waals surface area contributed by atoms with Crippen molar-refractivity contribution in [3.63, 3.8) is 0 Å². The van der Waals surface area contributed by atoms with Crippen LogP contribution in [-0.2, 0) is 16.6 Å². The summed E-state index contributed by atoms with van der Waals surface area (Å²) in [6, 6.07) is 0. The lowest BCUT2D eigenvalue weighted by Crippen LogP contribution is -2.10. The Balaban J connectivity index is 0.000000232. The monoisotopic (exact) mass is 308 g/mol. The van der Waals surface area contributed by atoms with Crippen LogP contribution in [0.3, 0.4) is 0 Å². The van der Waals surface area contributed by atoms with E-state index >= 15 is 0 Å². The first-order valence-electron chi connectivity index (χ1n) is 6.38. The quantitative estimate of drug-likeness (QED) is 0.692. The molecule has 0 aliphatic carbocycles. The molecule has 21 heavy (non-hydrogen) atoms. The summed E-state index contributed by atoms with van der Waals surface area (Å²) >= 11 is 1.59. The Labute approximate surface area is 124 Å². The highest BCUT2D eigenvalue weighted by molar-refractivity contribution is 7.19. The molecule has 0 unspecified atom stereocenters. The number of carbonyl (C=O) groups is 1. The zero-order valence-corrected chi connectivity index (χ0v) is 13.1. The van der Waals surface area contributed by atoms with Crippen molar-refractivity contribution in [2.45, 2.75) is 20.8 Å². The van der Waals surface area contributed by atoms with Gasteiger partial charge in [-0.1, -0.05) is 0 Å².